The maximum atomic E-state index is 5.13. The van der Waals surface area contributed by atoms with Crippen LogP contribution < -0.4 is 0 Å². The van der Waals surface area contributed by atoms with Gasteiger partial charge in [-0.05, 0) is 74.2 Å². The third kappa shape index (κ3) is 5.48. The van der Waals surface area contributed by atoms with Crippen LogP contribution in [0.1, 0.15) is 22.3 Å². The Balaban J connectivity index is 1.57. The summed E-state index contributed by atoms with van der Waals surface area (Å²) in [5, 5.41) is 0. The Labute approximate surface area is 237 Å². The van der Waals surface area contributed by atoms with Crippen molar-refractivity contribution in [3.63, 3.8) is 0 Å². The molecule has 0 radical (unpaired) electrons. The molecular formula is C38H32N2. The van der Waals surface area contributed by atoms with Gasteiger partial charge in [-0.2, -0.15) is 0 Å². The first-order chi connectivity index (χ1) is 19.4. The van der Waals surface area contributed by atoms with Gasteiger partial charge >= 0.3 is 0 Å². The van der Waals surface area contributed by atoms with Crippen LogP contribution in [0.15, 0.2) is 121 Å². The second-order valence-corrected chi connectivity index (χ2v) is 10.7. The smallest absolute Gasteiger partial charge is 0.160 e. The van der Waals surface area contributed by atoms with Crippen LogP contribution in [0.25, 0.3) is 56.2 Å². The summed E-state index contributed by atoms with van der Waals surface area (Å²) in [7, 11) is 0. The average Bonchev–Trinajstić information content (AvgIpc) is 2.98. The van der Waals surface area contributed by atoms with E-state index >= 15 is 0 Å². The Bertz CT molecular complexity index is 1510. The SMILES string of the molecule is Cc1ccc(-c2cc(-c3ccc(C)cc3)cc(-c3nc(-c4ccc(C)cc4)cc(-c4ccc(C)cc4)n3)c2)cc1. The summed E-state index contributed by atoms with van der Waals surface area (Å²) in [6, 6.07) is 43.3. The van der Waals surface area contributed by atoms with Crippen LogP contribution in [0.4, 0.5) is 0 Å². The zero-order valence-electron chi connectivity index (χ0n) is 23.4. The van der Waals surface area contributed by atoms with E-state index in [1.165, 1.54) is 33.4 Å². The normalized spacial score (nSPS) is 11.0. The molecule has 0 N–H and O–H groups in total. The first-order valence-corrected chi connectivity index (χ1v) is 13.7. The topological polar surface area (TPSA) is 25.8 Å². The van der Waals surface area contributed by atoms with Crippen LogP contribution in [0, 0.1) is 27.7 Å². The zero-order chi connectivity index (χ0) is 27.6. The average molecular weight is 517 g/mol. The van der Waals surface area contributed by atoms with Gasteiger partial charge in [-0.3, -0.25) is 0 Å². The fourth-order valence-electron chi connectivity index (χ4n) is 4.90. The highest BCUT2D eigenvalue weighted by molar-refractivity contribution is 5.81. The molecular weight excluding hydrogens is 484 g/mol. The van der Waals surface area contributed by atoms with Gasteiger partial charge in [0.25, 0.3) is 0 Å². The Morgan fingerprint density at radius 1 is 0.300 bits per heavy atom. The van der Waals surface area contributed by atoms with E-state index in [4.69, 9.17) is 9.97 Å². The van der Waals surface area contributed by atoms with Crippen molar-refractivity contribution in [1.82, 2.24) is 9.97 Å². The van der Waals surface area contributed by atoms with Crippen molar-refractivity contribution in [2.45, 2.75) is 27.7 Å². The lowest BCUT2D eigenvalue weighted by molar-refractivity contribution is 1.18. The fourth-order valence-corrected chi connectivity index (χ4v) is 4.90. The van der Waals surface area contributed by atoms with E-state index in [-0.39, 0.29) is 0 Å². The molecule has 0 aliphatic rings. The minimum atomic E-state index is 0.718. The van der Waals surface area contributed by atoms with E-state index in [1.54, 1.807) is 0 Å². The van der Waals surface area contributed by atoms with Gasteiger partial charge in [0.15, 0.2) is 5.82 Å². The molecule has 1 aromatic heterocycles. The summed E-state index contributed by atoms with van der Waals surface area (Å²) in [6.45, 7) is 8.45. The van der Waals surface area contributed by atoms with E-state index in [9.17, 15) is 0 Å². The van der Waals surface area contributed by atoms with Gasteiger partial charge in [-0.15, -0.1) is 0 Å². The summed E-state index contributed by atoms with van der Waals surface area (Å²) >= 11 is 0. The maximum Gasteiger partial charge on any atom is 0.160 e. The van der Waals surface area contributed by atoms with Crippen molar-refractivity contribution in [3.05, 3.63) is 144 Å². The molecule has 1 heterocycles. The lowest BCUT2D eigenvalue weighted by Crippen LogP contribution is -1.97. The van der Waals surface area contributed by atoms with Crippen molar-refractivity contribution >= 4 is 0 Å². The van der Waals surface area contributed by atoms with Crippen molar-refractivity contribution in [3.8, 4) is 56.2 Å². The zero-order valence-corrected chi connectivity index (χ0v) is 23.4. The Morgan fingerprint density at radius 2 is 0.600 bits per heavy atom. The van der Waals surface area contributed by atoms with Gasteiger partial charge < -0.3 is 0 Å². The molecule has 0 fully saturated rings. The molecule has 0 aliphatic carbocycles. The number of aromatic nitrogens is 2. The lowest BCUT2D eigenvalue weighted by Gasteiger charge is -2.13. The van der Waals surface area contributed by atoms with Crippen molar-refractivity contribution < 1.29 is 0 Å². The molecule has 194 valence electrons. The van der Waals surface area contributed by atoms with Crippen LogP contribution in [-0.2, 0) is 0 Å². The fraction of sp³-hybridized carbons (Fsp3) is 0.105. The van der Waals surface area contributed by atoms with E-state index < -0.39 is 0 Å². The highest BCUT2D eigenvalue weighted by Gasteiger charge is 2.14. The molecule has 0 bridgehead atoms. The quantitative estimate of drug-likeness (QED) is 0.228. The molecule has 2 nitrogen and oxygen atoms in total. The summed E-state index contributed by atoms with van der Waals surface area (Å²) in [5.74, 6) is 0.718. The predicted molar refractivity (Wildman–Crippen MR) is 168 cm³/mol. The molecule has 0 atom stereocenters. The Kier molecular flexibility index (Phi) is 6.84. The second kappa shape index (κ2) is 10.7. The number of aryl methyl sites for hydroxylation is 4. The number of hydrogen-bond acceptors (Lipinski definition) is 2. The van der Waals surface area contributed by atoms with E-state index in [0.717, 1.165) is 45.0 Å². The number of nitrogens with zero attached hydrogens (tertiary/aromatic N) is 2. The minimum Gasteiger partial charge on any atom is -0.228 e. The number of benzene rings is 5. The van der Waals surface area contributed by atoms with E-state index in [2.05, 4.69) is 149 Å². The van der Waals surface area contributed by atoms with E-state index in [1.807, 2.05) is 0 Å². The maximum absolute atomic E-state index is 5.13. The highest BCUT2D eigenvalue weighted by Crippen LogP contribution is 2.34. The lowest BCUT2D eigenvalue weighted by atomic mass is 9.95. The van der Waals surface area contributed by atoms with Gasteiger partial charge in [0.1, 0.15) is 0 Å². The monoisotopic (exact) mass is 516 g/mol. The molecule has 0 saturated carbocycles. The number of hydrogen-bond donors (Lipinski definition) is 0. The molecule has 0 saturated heterocycles. The molecule has 6 aromatic rings. The molecule has 0 unspecified atom stereocenters. The molecule has 5 aromatic carbocycles. The Morgan fingerprint density at radius 3 is 0.950 bits per heavy atom. The molecule has 6 rings (SSSR count). The molecule has 2 heteroatoms. The summed E-state index contributed by atoms with van der Waals surface area (Å²) in [5.41, 5.74) is 14.6. The van der Waals surface area contributed by atoms with Crippen LogP contribution in [0.2, 0.25) is 0 Å². The molecule has 0 spiro atoms. The van der Waals surface area contributed by atoms with Gasteiger partial charge in [0, 0.05) is 16.7 Å². The van der Waals surface area contributed by atoms with Gasteiger partial charge in [0.2, 0.25) is 0 Å². The van der Waals surface area contributed by atoms with Crippen LogP contribution in [0.3, 0.4) is 0 Å². The predicted octanol–water partition coefficient (Wildman–Crippen LogP) is 10.0. The minimum absolute atomic E-state index is 0.718. The molecule has 0 aliphatic heterocycles. The second-order valence-electron chi connectivity index (χ2n) is 10.7. The molecule has 40 heavy (non-hydrogen) atoms. The Hall–Kier alpha value is -4.82. The van der Waals surface area contributed by atoms with Crippen LogP contribution in [0.5, 0.6) is 0 Å². The largest absolute Gasteiger partial charge is 0.228 e. The van der Waals surface area contributed by atoms with Crippen molar-refractivity contribution in [2.75, 3.05) is 0 Å². The summed E-state index contributed by atoms with van der Waals surface area (Å²) in [4.78, 5) is 10.3. The van der Waals surface area contributed by atoms with Gasteiger partial charge in [-0.1, -0.05) is 119 Å². The van der Waals surface area contributed by atoms with Crippen molar-refractivity contribution in [1.29, 1.82) is 0 Å². The van der Waals surface area contributed by atoms with Gasteiger partial charge in [-0.25, -0.2) is 9.97 Å². The first kappa shape index (κ1) is 25.5. The van der Waals surface area contributed by atoms with E-state index in [0.29, 0.717) is 0 Å². The van der Waals surface area contributed by atoms with Crippen molar-refractivity contribution in [2.24, 2.45) is 0 Å². The third-order valence-corrected chi connectivity index (χ3v) is 7.38. The van der Waals surface area contributed by atoms with Crippen LogP contribution >= 0.6 is 0 Å². The van der Waals surface area contributed by atoms with Crippen LogP contribution in [-0.4, -0.2) is 9.97 Å². The third-order valence-electron chi connectivity index (χ3n) is 7.38. The number of rotatable bonds is 5. The molecule has 0 amide bonds. The van der Waals surface area contributed by atoms with Gasteiger partial charge in [0.05, 0.1) is 11.4 Å². The summed E-state index contributed by atoms with van der Waals surface area (Å²) < 4.78 is 0. The highest BCUT2D eigenvalue weighted by atomic mass is 14.9. The summed E-state index contributed by atoms with van der Waals surface area (Å²) in [6.07, 6.45) is 0. The standard InChI is InChI=1S/C38H32N2/c1-25-5-13-29(14-6-25)33-21-34(30-15-7-26(2)8-16-30)23-35(22-33)38-39-36(31-17-9-27(3)10-18-31)24-37(40-38)32-19-11-28(4)12-20-32/h5-24H,1-4H3. The first-order valence-electron chi connectivity index (χ1n) is 13.7.